The smallest absolute Gasteiger partial charge is 0.330 e. The van der Waals surface area contributed by atoms with Gasteiger partial charge in [-0.05, 0) is 30.9 Å². The first-order valence-corrected chi connectivity index (χ1v) is 6.91. The SMILES string of the molecule is CC1CCCNC1C(=O)NC(C(=O)O)c1ccccc1. The maximum absolute atomic E-state index is 12.3. The number of rotatable bonds is 4. The van der Waals surface area contributed by atoms with E-state index in [1.54, 1.807) is 24.3 Å². The zero-order valence-corrected chi connectivity index (χ0v) is 11.5. The molecule has 20 heavy (non-hydrogen) atoms. The van der Waals surface area contributed by atoms with Gasteiger partial charge in [0.1, 0.15) is 0 Å². The van der Waals surface area contributed by atoms with Crippen LogP contribution in [0.4, 0.5) is 0 Å². The van der Waals surface area contributed by atoms with Crippen molar-refractivity contribution in [1.82, 2.24) is 10.6 Å². The van der Waals surface area contributed by atoms with E-state index in [0.29, 0.717) is 5.56 Å². The molecule has 1 aromatic rings. The average Bonchev–Trinajstić information content (AvgIpc) is 2.45. The number of piperidine rings is 1. The summed E-state index contributed by atoms with van der Waals surface area (Å²) in [5.41, 5.74) is 0.580. The Morgan fingerprint density at radius 2 is 2.05 bits per heavy atom. The third-order valence-electron chi connectivity index (χ3n) is 3.72. The number of amides is 1. The van der Waals surface area contributed by atoms with Gasteiger partial charge in [-0.25, -0.2) is 4.79 Å². The fourth-order valence-corrected chi connectivity index (χ4v) is 2.57. The molecule has 1 heterocycles. The number of hydrogen-bond acceptors (Lipinski definition) is 3. The lowest BCUT2D eigenvalue weighted by molar-refractivity contribution is -0.142. The summed E-state index contributed by atoms with van der Waals surface area (Å²) in [6, 6.07) is 7.44. The quantitative estimate of drug-likeness (QED) is 0.775. The maximum atomic E-state index is 12.3. The van der Waals surface area contributed by atoms with Gasteiger partial charge in [-0.2, -0.15) is 0 Å². The van der Waals surface area contributed by atoms with Gasteiger partial charge in [0.05, 0.1) is 6.04 Å². The molecule has 1 saturated heterocycles. The van der Waals surface area contributed by atoms with E-state index in [0.717, 1.165) is 19.4 Å². The van der Waals surface area contributed by atoms with Crippen molar-refractivity contribution in [2.24, 2.45) is 5.92 Å². The van der Waals surface area contributed by atoms with E-state index in [1.807, 2.05) is 13.0 Å². The van der Waals surface area contributed by atoms with Crippen LogP contribution in [0.25, 0.3) is 0 Å². The van der Waals surface area contributed by atoms with Crippen LogP contribution in [0.1, 0.15) is 31.4 Å². The summed E-state index contributed by atoms with van der Waals surface area (Å²) in [4.78, 5) is 23.6. The Hall–Kier alpha value is -1.88. The Morgan fingerprint density at radius 1 is 1.35 bits per heavy atom. The summed E-state index contributed by atoms with van der Waals surface area (Å²) in [7, 11) is 0. The molecule has 5 heteroatoms. The monoisotopic (exact) mass is 276 g/mol. The molecule has 3 atom stereocenters. The number of aliphatic carboxylic acids is 1. The van der Waals surface area contributed by atoms with Crippen LogP contribution < -0.4 is 10.6 Å². The Morgan fingerprint density at radius 3 is 2.65 bits per heavy atom. The summed E-state index contributed by atoms with van der Waals surface area (Å²) >= 11 is 0. The largest absolute Gasteiger partial charge is 0.479 e. The van der Waals surface area contributed by atoms with Gasteiger partial charge in [-0.15, -0.1) is 0 Å². The van der Waals surface area contributed by atoms with Gasteiger partial charge in [0, 0.05) is 0 Å². The van der Waals surface area contributed by atoms with Crippen LogP contribution in [-0.4, -0.2) is 29.6 Å². The lowest BCUT2D eigenvalue weighted by Gasteiger charge is -2.30. The molecule has 0 bridgehead atoms. The molecule has 0 radical (unpaired) electrons. The minimum Gasteiger partial charge on any atom is -0.479 e. The Labute approximate surface area is 118 Å². The molecule has 108 valence electrons. The molecule has 1 amide bonds. The molecule has 0 aliphatic carbocycles. The lowest BCUT2D eigenvalue weighted by atomic mass is 9.92. The molecule has 3 N–H and O–H groups in total. The molecule has 2 rings (SSSR count). The minimum absolute atomic E-state index is 0.217. The molecular weight excluding hydrogens is 256 g/mol. The second-order valence-electron chi connectivity index (χ2n) is 5.24. The standard InChI is InChI=1S/C15H20N2O3/c1-10-6-5-9-16-12(10)14(18)17-13(15(19)20)11-7-3-2-4-8-11/h2-4,7-8,10,12-13,16H,5-6,9H2,1H3,(H,17,18)(H,19,20). The first-order chi connectivity index (χ1) is 9.59. The van der Waals surface area contributed by atoms with E-state index in [9.17, 15) is 14.7 Å². The van der Waals surface area contributed by atoms with Crippen LogP contribution in [0.3, 0.4) is 0 Å². The van der Waals surface area contributed by atoms with Gasteiger partial charge >= 0.3 is 5.97 Å². The van der Waals surface area contributed by atoms with Crippen molar-refractivity contribution in [3.63, 3.8) is 0 Å². The number of nitrogens with one attached hydrogen (secondary N) is 2. The Bertz CT molecular complexity index is 475. The van der Waals surface area contributed by atoms with Crippen LogP contribution in [0.2, 0.25) is 0 Å². The molecule has 0 saturated carbocycles. The fraction of sp³-hybridized carbons (Fsp3) is 0.467. The Balaban J connectivity index is 2.08. The van der Waals surface area contributed by atoms with E-state index >= 15 is 0 Å². The average molecular weight is 276 g/mol. The second kappa shape index (κ2) is 6.52. The van der Waals surface area contributed by atoms with Crippen molar-refractivity contribution < 1.29 is 14.7 Å². The van der Waals surface area contributed by atoms with E-state index in [-0.39, 0.29) is 17.9 Å². The number of benzene rings is 1. The fourth-order valence-electron chi connectivity index (χ4n) is 2.57. The van der Waals surface area contributed by atoms with Gasteiger partial charge in [0.2, 0.25) is 5.91 Å². The third kappa shape index (κ3) is 3.36. The predicted octanol–water partition coefficient (Wildman–Crippen LogP) is 1.32. The third-order valence-corrected chi connectivity index (χ3v) is 3.72. The molecule has 0 spiro atoms. The summed E-state index contributed by atoms with van der Waals surface area (Å²) in [5, 5.41) is 15.1. The topological polar surface area (TPSA) is 78.4 Å². The van der Waals surface area contributed by atoms with Crippen LogP contribution in [-0.2, 0) is 9.59 Å². The predicted molar refractivity (Wildman–Crippen MR) is 75.2 cm³/mol. The van der Waals surface area contributed by atoms with Crippen molar-refractivity contribution in [3.8, 4) is 0 Å². The van der Waals surface area contributed by atoms with Crippen molar-refractivity contribution in [2.75, 3.05) is 6.54 Å². The lowest BCUT2D eigenvalue weighted by Crippen LogP contribution is -2.52. The molecule has 1 aliphatic heterocycles. The molecule has 3 unspecified atom stereocenters. The van der Waals surface area contributed by atoms with E-state index < -0.39 is 12.0 Å². The van der Waals surface area contributed by atoms with E-state index in [1.165, 1.54) is 0 Å². The number of hydrogen-bond donors (Lipinski definition) is 3. The highest BCUT2D eigenvalue weighted by molar-refractivity contribution is 5.87. The summed E-state index contributed by atoms with van der Waals surface area (Å²) < 4.78 is 0. The molecule has 1 aromatic carbocycles. The molecular formula is C15H20N2O3. The van der Waals surface area contributed by atoms with Crippen LogP contribution in [0.15, 0.2) is 30.3 Å². The van der Waals surface area contributed by atoms with Gasteiger partial charge in [0.25, 0.3) is 0 Å². The first-order valence-electron chi connectivity index (χ1n) is 6.91. The first kappa shape index (κ1) is 14.5. The number of carbonyl (C=O) groups excluding carboxylic acids is 1. The van der Waals surface area contributed by atoms with Crippen LogP contribution in [0, 0.1) is 5.92 Å². The Kier molecular flexibility index (Phi) is 4.74. The molecule has 0 aromatic heterocycles. The maximum Gasteiger partial charge on any atom is 0.330 e. The molecule has 1 aliphatic rings. The van der Waals surface area contributed by atoms with Crippen LogP contribution >= 0.6 is 0 Å². The zero-order chi connectivity index (χ0) is 14.5. The van der Waals surface area contributed by atoms with E-state index in [4.69, 9.17) is 0 Å². The van der Waals surface area contributed by atoms with Crippen molar-refractivity contribution >= 4 is 11.9 Å². The van der Waals surface area contributed by atoms with Crippen molar-refractivity contribution in [3.05, 3.63) is 35.9 Å². The molecule has 5 nitrogen and oxygen atoms in total. The van der Waals surface area contributed by atoms with E-state index in [2.05, 4.69) is 10.6 Å². The highest BCUT2D eigenvalue weighted by Gasteiger charge is 2.31. The normalized spacial score (nSPS) is 23.9. The van der Waals surface area contributed by atoms with Gasteiger partial charge in [-0.3, -0.25) is 4.79 Å². The number of carboxylic acid groups (broad SMARTS) is 1. The number of carbonyl (C=O) groups is 2. The highest BCUT2D eigenvalue weighted by Crippen LogP contribution is 2.18. The highest BCUT2D eigenvalue weighted by atomic mass is 16.4. The zero-order valence-electron chi connectivity index (χ0n) is 11.5. The summed E-state index contributed by atoms with van der Waals surface area (Å²) in [5.74, 6) is -1.07. The number of carboxylic acids is 1. The molecule has 1 fully saturated rings. The summed E-state index contributed by atoms with van der Waals surface area (Å²) in [6.45, 7) is 2.81. The minimum atomic E-state index is -1.05. The van der Waals surface area contributed by atoms with Gasteiger partial charge in [0.15, 0.2) is 6.04 Å². The van der Waals surface area contributed by atoms with Gasteiger partial charge < -0.3 is 15.7 Å². The second-order valence-corrected chi connectivity index (χ2v) is 5.24. The van der Waals surface area contributed by atoms with Crippen molar-refractivity contribution in [1.29, 1.82) is 0 Å². The van der Waals surface area contributed by atoms with Crippen molar-refractivity contribution in [2.45, 2.75) is 31.8 Å². The summed E-state index contributed by atoms with van der Waals surface area (Å²) in [6.07, 6.45) is 2.03. The van der Waals surface area contributed by atoms with Crippen LogP contribution in [0.5, 0.6) is 0 Å². The van der Waals surface area contributed by atoms with Gasteiger partial charge in [-0.1, -0.05) is 37.3 Å².